The molecule has 0 radical (unpaired) electrons. The average molecular weight is 227 g/mol. The molecule has 0 aromatic carbocycles. The van der Waals surface area contributed by atoms with Crippen LogP contribution in [0.15, 0.2) is 0 Å². The van der Waals surface area contributed by atoms with E-state index in [0.29, 0.717) is 0 Å². The zero-order chi connectivity index (χ0) is 12.0. The minimum atomic E-state index is -0.339. The predicted molar refractivity (Wildman–Crippen MR) is 65.4 cm³/mol. The van der Waals surface area contributed by atoms with Crippen LogP contribution in [0.2, 0.25) is 0 Å². The molecule has 0 saturated carbocycles. The second-order valence-electron chi connectivity index (χ2n) is 4.72. The van der Waals surface area contributed by atoms with Crippen LogP contribution in [0.25, 0.3) is 0 Å². The summed E-state index contributed by atoms with van der Waals surface area (Å²) in [5, 5.41) is 0. The lowest BCUT2D eigenvalue weighted by Crippen LogP contribution is -2.54. The molecule has 0 atom stereocenters. The Bertz CT molecular complexity index is 216. The third-order valence-electron chi connectivity index (χ3n) is 3.60. The zero-order valence-electron chi connectivity index (χ0n) is 10.9. The summed E-state index contributed by atoms with van der Waals surface area (Å²) in [4.78, 5) is 14.5. The van der Waals surface area contributed by atoms with Crippen LogP contribution in [-0.4, -0.2) is 36.6 Å². The van der Waals surface area contributed by atoms with Gasteiger partial charge in [-0.25, -0.2) is 0 Å². The molecule has 0 aromatic rings. The number of hydrogen-bond acceptors (Lipinski definition) is 3. The highest BCUT2D eigenvalue weighted by Crippen LogP contribution is 2.32. The molecular weight excluding hydrogens is 202 g/mol. The lowest BCUT2D eigenvalue weighted by atomic mass is 9.87. The third kappa shape index (κ3) is 2.57. The Morgan fingerprint density at radius 3 is 2.06 bits per heavy atom. The van der Waals surface area contributed by atoms with Crippen LogP contribution in [0.4, 0.5) is 0 Å². The molecule has 94 valence electrons. The van der Waals surface area contributed by atoms with E-state index >= 15 is 0 Å². The van der Waals surface area contributed by atoms with Gasteiger partial charge in [-0.1, -0.05) is 26.7 Å². The van der Waals surface area contributed by atoms with Crippen molar-refractivity contribution in [1.29, 1.82) is 0 Å². The van der Waals surface area contributed by atoms with Gasteiger partial charge in [0.05, 0.1) is 7.11 Å². The van der Waals surface area contributed by atoms with Crippen molar-refractivity contribution in [2.24, 2.45) is 0 Å². The van der Waals surface area contributed by atoms with Gasteiger partial charge in [0.15, 0.2) is 0 Å². The van der Waals surface area contributed by atoms with Gasteiger partial charge in [-0.15, -0.1) is 0 Å². The first kappa shape index (κ1) is 13.5. The predicted octanol–water partition coefficient (Wildman–Crippen LogP) is 2.59. The molecule has 1 heterocycles. The number of carbonyl (C=O) groups is 1. The fraction of sp³-hybridized carbons (Fsp3) is 0.923. The largest absolute Gasteiger partial charge is 0.468 e. The van der Waals surface area contributed by atoms with E-state index in [1.54, 1.807) is 0 Å². The number of ether oxygens (including phenoxy) is 1. The van der Waals surface area contributed by atoms with E-state index in [9.17, 15) is 4.79 Å². The van der Waals surface area contributed by atoms with Crippen molar-refractivity contribution in [3.05, 3.63) is 0 Å². The Morgan fingerprint density at radius 2 is 1.69 bits per heavy atom. The molecule has 0 N–H and O–H groups in total. The number of rotatable bonds is 6. The van der Waals surface area contributed by atoms with Gasteiger partial charge in [-0.3, -0.25) is 9.69 Å². The van der Waals surface area contributed by atoms with Crippen LogP contribution in [0.1, 0.15) is 52.4 Å². The minimum absolute atomic E-state index is 0.0295. The van der Waals surface area contributed by atoms with Gasteiger partial charge in [0, 0.05) is 0 Å². The average Bonchev–Trinajstić information content (AvgIpc) is 2.81. The highest BCUT2D eigenvalue weighted by atomic mass is 16.5. The summed E-state index contributed by atoms with van der Waals surface area (Å²) in [6.45, 7) is 6.39. The van der Waals surface area contributed by atoms with Crippen molar-refractivity contribution >= 4 is 5.97 Å². The molecule has 1 aliphatic heterocycles. The monoisotopic (exact) mass is 227 g/mol. The smallest absolute Gasteiger partial charge is 0.326 e. The molecule has 0 amide bonds. The molecule has 0 unspecified atom stereocenters. The standard InChI is InChI=1S/C13H25NO2/c1-4-8-13(9-5-2,12(15)16-3)14-10-6-7-11-14/h4-11H2,1-3H3. The van der Waals surface area contributed by atoms with E-state index in [0.717, 1.165) is 38.8 Å². The van der Waals surface area contributed by atoms with Crippen molar-refractivity contribution in [3.8, 4) is 0 Å². The van der Waals surface area contributed by atoms with Gasteiger partial charge in [-0.05, 0) is 38.8 Å². The van der Waals surface area contributed by atoms with Crippen molar-refractivity contribution in [2.75, 3.05) is 20.2 Å². The third-order valence-corrected chi connectivity index (χ3v) is 3.60. The quantitative estimate of drug-likeness (QED) is 0.653. The normalized spacial score (nSPS) is 17.7. The molecule has 16 heavy (non-hydrogen) atoms. The van der Waals surface area contributed by atoms with Gasteiger partial charge in [0.2, 0.25) is 0 Å². The highest BCUT2D eigenvalue weighted by Gasteiger charge is 2.44. The number of methoxy groups -OCH3 is 1. The van der Waals surface area contributed by atoms with Crippen molar-refractivity contribution in [1.82, 2.24) is 4.90 Å². The van der Waals surface area contributed by atoms with Gasteiger partial charge in [0.1, 0.15) is 5.54 Å². The summed E-state index contributed by atoms with van der Waals surface area (Å²) in [5.41, 5.74) is -0.339. The fourth-order valence-corrected chi connectivity index (χ4v) is 2.94. The number of esters is 1. The molecule has 0 bridgehead atoms. The summed E-state index contributed by atoms with van der Waals surface area (Å²) in [6.07, 6.45) is 6.34. The molecule has 0 aliphatic carbocycles. The molecule has 1 rings (SSSR count). The van der Waals surface area contributed by atoms with Crippen molar-refractivity contribution < 1.29 is 9.53 Å². The van der Waals surface area contributed by atoms with Crippen molar-refractivity contribution in [2.45, 2.75) is 57.9 Å². The number of nitrogens with zero attached hydrogens (tertiary/aromatic N) is 1. The lowest BCUT2D eigenvalue weighted by Gasteiger charge is -2.39. The maximum atomic E-state index is 12.1. The van der Waals surface area contributed by atoms with Crippen LogP contribution in [0.3, 0.4) is 0 Å². The van der Waals surface area contributed by atoms with Gasteiger partial charge >= 0.3 is 5.97 Å². The Morgan fingerprint density at radius 1 is 1.19 bits per heavy atom. The van der Waals surface area contributed by atoms with E-state index in [1.165, 1.54) is 20.0 Å². The summed E-state index contributed by atoms with van der Waals surface area (Å²) < 4.78 is 5.05. The number of hydrogen-bond donors (Lipinski definition) is 0. The molecule has 1 saturated heterocycles. The topological polar surface area (TPSA) is 29.5 Å². The van der Waals surface area contributed by atoms with E-state index in [4.69, 9.17) is 4.74 Å². The molecular formula is C13H25NO2. The van der Waals surface area contributed by atoms with Crippen molar-refractivity contribution in [3.63, 3.8) is 0 Å². The second kappa shape index (κ2) is 6.24. The molecule has 1 fully saturated rings. The van der Waals surface area contributed by atoms with Gasteiger partial charge in [-0.2, -0.15) is 0 Å². The van der Waals surface area contributed by atoms with Crippen LogP contribution in [0, 0.1) is 0 Å². The van der Waals surface area contributed by atoms with Crippen LogP contribution < -0.4 is 0 Å². The first-order chi connectivity index (χ1) is 7.71. The van der Waals surface area contributed by atoms with E-state index in [1.807, 2.05) is 0 Å². The van der Waals surface area contributed by atoms with Crippen LogP contribution in [0.5, 0.6) is 0 Å². The summed E-state index contributed by atoms with van der Waals surface area (Å²) in [6, 6.07) is 0. The maximum Gasteiger partial charge on any atom is 0.326 e. The fourth-order valence-electron chi connectivity index (χ4n) is 2.94. The first-order valence-electron chi connectivity index (χ1n) is 6.54. The van der Waals surface area contributed by atoms with Crippen LogP contribution in [-0.2, 0) is 9.53 Å². The number of likely N-dealkylation sites (tertiary alicyclic amines) is 1. The zero-order valence-corrected chi connectivity index (χ0v) is 10.9. The first-order valence-corrected chi connectivity index (χ1v) is 6.54. The lowest BCUT2D eigenvalue weighted by molar-refractivity contribution is -0.156. The Kier molecular flexibility index (Phi) is 5.26. The summed E-state index contributed by atoms with van der Waals surface area (Å²) >= 11 is 0. The molecule has 0 aromatic heterocycles. The molecule has 1 aliphatic rings. The van der Waals surface area contributed by atoms with Gasteiger partial charge < -0.3 is 4.74 Å². The Labute approximate surface area is 99.1 Å². The van der Waals surface area contributed by atoms with Gasteiger partial charge in [0.25, 0.3) is 0 Å². The maximum absolute atomic E-state index is 12.1. The molecule has 0 spiro atoms. The molecule has 3 nitrogen and oxygen atoms in total. The molecule has 3 heteroatoms. The SMILES string of the molecule is CCCC(CCC)(C(=O)OC)N1CCCC1. The van der Waals surface area contributed by atoms with Crippen LogP contribution >= 0.6 is 0 Å². The summed E-state index contributed by atoms with van der Waals surface area (Å²) in [7, 11) is 1.51. The second-order valence-corrected chi connectivity index (χ2v) is 4.72. The highest BCUT2D eigenvalue weighted by molar-refractivity contribution is 5.80. The Hall–Kier alpha value is -0.570. The van der Waals surface area contributed by atoms with E-state index in [-0.39, 0.29) is 11.5 Å². The summed E-state index contributed by atoms with van der Waals surface area (Å²) in [5.74, 6) is -0.0295. The Balaban J connectivity index is 2.88. The minimum Gasteiger partial charge on any atom is -0.468 e. The number of carbonyl (C=O) groups excluding carboxylic acids is 1. The van der Waals surface area contributed by atoms with E-state index in [2.05, 4.69) is 18.7 Å². The van der Waals surface area contributed by atoms with E-state index < -0.39 is 0 Å².